The molecule has 0 aliphatic carbocycles. The molecule has 140 valence electrons. The van der Waals surface area contributed by atoms with Crippen LogP contribution in [-0.4, -0.2) is 43.6 Å². The number of halogens is 3. The Bertz CT molecular complexity index is 774. The topological polar surface area (TPSA) is 63.9 Å². The molecule has 1 saturated heterocycles. The van der Waals surface area contributed by atoms with Crippen molar-refractivity contribution >= 4 is 5.91 Å². The molecule has 1 fully saturated rings. The molecule has 0 radical (unpaired) electrons. The molecule has 0 bridgehead atoms. The third-order valence-corrected chi connectivity index (χ3v) is 4.60. The Morgan fingerprint density at radius 3 is 2.85 bits per heavy atom. The summed E-state index contributed by atoms with van der Waals surface area (Å²) >= 11 is 0. The van der Waals surface area contributed by atoms with Gasteiger partial charge in [-0.2, -0.15) is 18.0 Å². The molecule has 1 atom stereocenters. The van der Waals surface area contributed by atoms with Gasteiger partial charge in [0, 0.05) is 18.2 Å². The van der Waals surface area contributed by atoms with Crippen LogP contribution in [0.2, 0.25) is 0 Å². The molecule has 0 saturated carbocycles. The number of tetrazole rings is 1. The highest BCUT2D eigenvalue weighted by molar-refractivity contribution is 5.76. The Kier molecular flexibility index (Phi) is 5.24. The van der Waals surface area contributed by atoms with E-state index in [-0.39, 0.29) is 29.9 Å². The number of likely N-dealkylation sites (tertiary alicyclic amines) is 1. The van der Waals surface area contributed by atoms with E-state index >= 15 is 0 Å². The van der Waals surface area contributed by atoms with E-state index in [1.165, 1.54) is 12.1 Å². The molecule has 0 N–H and O–H groups in total. The standard InChI is InChI=1S/C17H20F3N5O/c1-2-14-8-3-4-9-24(14)15(26)11-25-22-16(21-23-25)12-6-5-7-13(10-12)17(18,19)20/h5-7,10,14H,2-4,8-9,11H2,1H3. The molecular weight excluding hydrogens is 347 g/mol. The van der Waals surface area contributed by atoms with Gasteiger partial charge in [0.15, 0.2) is 0 Å². The Morgan fingerprint density at radius 1 is 1.31 bits per heavy atom. The van der Waals surface area contributed by atoms with Gasteiger partial charge in [-0.25, -0.2) is 0 Å². The number of alkyl halides is 3. The van der Waals surface area contributed by atoms with Crippen molar-refractivity contribution in [1.29, 1.82) is 0 Å². The minimum atomic E-state index is -4.44. The van der Waals surface area contributed by atoms with Crippen molar-refractivity contribution in [3.63, 3.8) is 0 Å². The van der Waals surface area contributed by atoms with E-state index in [2.05, 4.69) is 22.3 Å². The van der Waals surface area contributed by atoms with Crippen molar-refractivity contribution in [2.75, 3.05) is 6.54 Å². The molecule has 6 nitrogen and oxygen atoms in total. The van der Waals surface area contributed by atoms with Crippen LogP contribution in [0.3, 0.4) is 0 Å². The minimum Gasteiger partial charge on any atom is -0.338 e. The normalized spacial score (nSPS) is 18.2. The van der Waals surface area contributed by atoms with E-state index < -0.39 is 11.7 Å². The predicted molar refractivity (Wildman–Crippen MR) is 87.9 cm³/mol. The van der Waals surface area contributed by atoms with Crippen LogP contribution < -0.4 is 0 Å². The fourth-order valence-electron chi connectivity index (χ4n) is 3.23. The maximum Gasteiger partial charge on any atom is 0.416 e. The summed E-state index contributed by atoms with van der Waals surface area (Å²) < 4.78 is 38.5. The van der Waals surface area contributed by atoms with E-state index in [0.29, 0.717) is 6.54 Å². The van der Waals surface area contributed by atoms with Crippen molar-refractivity contribution in [1.82, 2.24) is 25.1 Å². The smallest absolute Gasteiger partial charge is 0.338 e. The molecule has 2 heterocycles. The summed E-state index contributed by atoms with van der Waals surface area (Å²) in [6, 6.07) is 4.96. The third-order valence-electron chi connectivity index (χ3n) is 4.60. The zero-order valence-corrected chi connectivity index (χ0v) is 14.4. The van der Waals surface area contributed by atoms with Gasteiger partial charge in [0.1, 0.15) is 6.54 Å². The highest BCUT2D eigenvalue weighted by atomic mass is 19.4. The summed E-state index contributed by atoms with van der Waals surface area (Å²) in [6.07, 6.45) is -0.466. The average molecular weight is 367 g/mol. The van der Waals surface area contributed by atoms with Crippen LogP contribution >= 0.6 is 0 Å². The number of nitrogens with zero attached hydrogens (tertiary/aromatic N) is 5. The number of aromatic nitrogens is 4. The summed E-state index contributed by atoms with van der Waals surface area (Å²) in [6.45, 7) is 2.70. The van der Waals surface area contributed by atoms with Gasteiger partial charge in [0.05, 0.1) is 5.56 Å². The van der Waals surface area contributed by atoms with E-state index in [1.54, 1.807) is 0 Å². The van der Waals surface area contributed by atoms with Crippen molar-refractivity contribution in [2.24, 2.45) is 0 Å². The Hall–Kier alpha value is -2.45. The SMILES string of the molecule is CCC1CCCCN1C(=O)Cn1nnc(-c2cccc(C(F)(F)F)c2)n1. The Balaban J connectivity index is 1.73. The first-order valence-electron chi connectivity index (χ1n) is 8.63. The zero-order valence-electron chi connectivity index (χ0n) is 14.4. The van der Waals surface area contributed by atoms with Crippen molar-refractivity contribution in [3.8, 4) is 11.4 Å². The summed E-state index contributed by atoms with van der Waals surface area (Å²) in [7, 11) is 0. The highest BCUT2D eigenvalue weighted by Crippen LogP contribution is 2.31. The van der Waals surface area contributed by atoms with Gasteiger partial charge in [0.25, 0.3) is 0 Å². The zero-order chi connectivity index (χ0) is 18.7. The summed E-state index contributed by atoms with van der Waals surface area (Å²) in [5.41, 5.74) is -0.565. The highest BCUT2D eigenvalue weighted by Gasteiger charge is 2.31. The molecule has 2 aromatic rings. The molecule has 1 amide bonds. The molecule has 1 aromatic heterocycles. The second-order valence-corrected chi connectivity index (χ2v) is 6.37. The molecule has 1 aliphatic heterocycles. The Labute approximate surface area is 149 Å². The van der Waals surface area contributed by atoms with Crippen LogP contribution in [0, 0.1) is 0 Å². The number of hydrogen-bond donors (Lipinski definition) is 0. The maximum absolute atomic E-state index is 12.8. The molecule has 1 unspecified atom stereocenters. The second kappa shape index (κ2) is 7.43. The molecule has 1 aliphatic rings. The number of carbonyl (C=O) groups excluding carboxylic acids is 1. The van der Waals surface area contributed by atoms with Crippen LogP contribution in [0.25, 0.3) is 11.4 Å². The maximum atomic E-state index is 12.8. The van der Waals surface area contributed by atoms with Crippen molar-refractivity contribution in [3.05, 3.63) is 29.8 Å². The van der Waals surface area contributed by atoms with Gasteiger partial charge in [0.2, 0.25) is 11.7 Å². The van der Waals surface area contributed by atoms with Gasteiger partial charge < -0.3 is 4.90 Å². The first-order chi connectivity index (χ1) is 12.4. The fraction of sp³-hybridized carbons (Fsp3) is 0.529. The van der Waals surface area contributed by atoms with Crippen LogP contribution in [0.5, 0.6) is 0 Å². The molecule has 3 rings (SSSR count). The lowest BCUT2D eigenvalue weighted by Crippen LogP contribution is -2.45. The lowest BCUT2D eigenvalue weighted by Gasteiger charge is -2.35. The van der Waals surface area contributed by atoms with E-state index in [0.717, 1.165) is 42.6 Å². The van der Waals surface area contributed by atoms with E-state index in [4.69, 9.17) is 0 Å². The summed E-state index contributed by atoms with van der Waals surface area (Å²) in [5.74, 6) is -0.0286. The number of benzene rings is 1. The summed E-state index contributed by atoms with van der Waals surface area (Å²) in [4.78, 5) is 15.5. The van der Waals surface area contributed by atoms with Gasteiger partial charge in [-0.05, 0) is 43.0 Å². The second-order valence-electron chi connectivity index (χ2n) is 6.37. The number of amides is 1. The van der Waals surface area contributed by atoms with Crippen LogP contribution in [0.4, 0.5) is 13.2 Å². The van der Waals surface area contributed by atoms with E-state index in [1.807, 2.05) is 4.90 Å². The third kappa shape index (κ3) is 4.03. The van der Waals surface area contributed by atoms with Gasteiger partial charge >= 0.3 is 6.18 Å². The van der Waals surface area contributed by atoms with Crippen molar-refractivity contribution in [2.45, 2.75) is 51.4 Å². The molecule has 1 aromatic carbocycles. The first-order valence-corrected chi connectivity index (χ1v) is 8.63. The number of rotatable bonds is 4. The van der Waals surface area contributed by atoms with Crippen LogP contribution in [0.15, 0.2) is 24.3 Å². The quantitative estimate of drug-likeness (QED) is 0.833. The van der Waals surface area contributed by atoms with Crippen molar-refractivity contribution < 1.29 is 18.0 Å². The molecule has 9 heteroatoms. The van der Waals surface area contributed by atoms with Crippen LogP contribution in [-0.2, 0) is 17.5 Å². The first kappa shape index (κ1) is 18.3. The summed E-state index contributed by atoms with van der Waals surface area (Å²) in [5, 5.41) is 11.7. The molecule has 26 heavy (non-hydrogen) atoms. The number of hydrogen-bond acceptors (Lipinski definition) is 4. The monoisotopic (exact) mass is 367 g/mol. The van der Waals surface area contributed by atoms with Gasteiger partial charge in [-0.3, -0.25) is 4.79 Å². The number of piperidine rings is 1. The fourth-order valence-corrected chi connectivity index (χ4v) is 3.23. The lowest BCUT2D eigenvalue weighted by molar-refractivity contribution is -0.137. The molecule has 0 spiro atoms. The average Bonchev–Trinajstić information content (AvgIpc) is 3.09. The van der Waals surface area contributed by atoms with Crippen LogP contribution in [0.1, 0.15) is 38.2 Å². The van der Waals surface area contributed by atoms with Gasteiger partial charge in [-0.1, -0.05) is 19.1 Å². The number of carbonyl (C=O) groups is 1. The largest absolute Gasteiger partial charge is 0.416 e. The predicted octanol–water partition coefficient (Wildman–Crippen LogP) is 3.15. The Morgan fingerprint density at radius 2 is 2.12 bits per heavy atom. The molecular formula is C17H20F3N5O. The minimum absolute atomic E-state index is 0.0644. The van der Waals surface area contributed by atoms with E-state index in [9.17, 15) is 18.0 Å². The lowest BCUT2D eigenvalue weighted by atomic mass is 10.00. The van der Waals surface area contributed by atoms with Gasteiger partial charge in [-0.15, -0.1) is 10.2 Å².